The summed E-state index contributed by atoms with van der Waals surface area (Å²) in [7, 11) is 0. The average molecular weight is 383 g/mol. The highest BCUT2D eigenvalue weighted by atomic mass is 16.2. The first-order chi connectivity index (χ1) is 13.4. The molecule has 8 nitrogen and oxygen atoms in total. The minimum atomic E-state index is -0.645. The first-order valence-electron chi connectivity index (χ1n) is 8.97. The summed E-state index contributed by atoms with van der Waals surface area (Å²) in [5, 5.41) is 8.04. The molecule has 0 aliphatic rings. The summed E-state index contributed by atoms with van der Waals surface area (Å²) >= 11 is 0. The van der Waals surface area contributed by atoms with E-state index in [9.17, 15) is 14.4 Å². The van der Waals surface area contributed by atoms with Crippen LogP contribution >= 0.6 is 0 Å². The number of rotatable bonds is 8. The Kier molecular flexibility index (Phi) is 7.65. The number of aromatic nitrogens is 1. The highest BCUT2D eigenvalue weighted by Gasteiger charge is 2.17. The van der Waals surface area contributed by atoms with Crippen LogP contribution < -0.4 is 21.7 Å². The Morgan fingerprint density at radius 1 is 1.07 bits per heavy atom. The second-order valence-electron chi connectivity index (χ2n) is 6.65. The zero-order valence-corrected chi connectivity index (χ0v) is 15.9. The minimum Gasteiger partial charge on any atom is -0.350 e. The van der Waals surface area contributed by atoms with Gasteiger partial charge in [0.05, 0.1) is 12.6 Å². The van der Waals surface area contributed by atoms with Crippen LogP contribution in [0.15, 0.2) is 48.8 Å². The van der Waals surface area contributed by atoms with Crippen molar-refractivity contribution in [3.8, 4) is 0 Å². The summed E-state index contributed by atoms with van der Waals surface area (Å²) in [6, 6.07) is 9.75. The Morgan fingerprint density at radius 3 is 2.46 bits per heavy atom. The zero-order valence-electron chi connectivity index (χ0n) is 15.9. The van der Waals surface area contributed by atoms with E-state index in [0.29, 0.717) is 11.3 Å². The molecule has 1 atom stereocenters. The van der Waals surface area contributed by atoms with Crippen molar-refractivity contribution < 1.29 is 14.4 Å². The van der Waals surface area contributed by atoms with Gasteiger partial charge in [-0.25, -0.2) is 0 Å². The van der Waals surface area contributed by atoms with E-state index in [-0.39, 0.29) is 36.7 Å². The minimum absolute atomic E-state index is 0.00633. The van der Waals surface area contributed by atoms with Gasteiger partial charge in [0.15, 0.2) is 0 Å². The summed E-state index contributed by atoms with van der Waals surface area (Å²) in [4.78, 5) is 39.8. The molecule has 0 aliphatic carbocycles. The molecule has 1 aromatic heterocycles. The molecule has 0 aliphatic heterocycles. The summed E-state index contributed by atoms with van der Waals surface area (Å²) in [5.41, 5.74) is 7.66. The molecule has 8 heteroatoms. The van der Waals surface area contributed by atoms with Gasteiger partial charge in [-0.15, -0.1) is 0 Å². The van der Waals surface area contributed by atoms with Crippen LogP contribution in [-0.2, 0) is 16.1 Å². The van der Waals surface area contributed by atoms with E-state index >= 15 is 0 Å². The third-order valence-corrected chi connectivity index (χ3v) is 4.06. The molecule has 0 radical (unpaired) electrons. The average Bonchev–Trinajstić information content (AvgIpc) is 2.70. The standard InChI is InChI=1S/C20H25N5O3/c1-13(2)18(21)20(28)24-12-17(26)23-11-14-4-3-5-16(10-14)25-19(27)15-6-8-22-9-7-15/h3-10,13,18H,11-12,21H2,1-2H3,(H,23,26)(H,24,28)(H,25,27)/t18-/m0/s1. The van der Waals surface area contributed by atoms with Crippen LogP contribution in [0.4, 0.5) is 5.69 Å². The molecule has 2 aromatic rings. The number of hydrogen-bond donors (Lipinski definition) is 4. The quantitative estimate of drug-likeness (QED) is 0.542. The Balaban J connectivity index is 1.83. The summed E-state index contributed by atoms with van der Waals surface area (Å²) < 4.78 is 0. The van der Waals surface area contributed by atoms with Gasteiger partial charge in [-0.3, -0.25) is 19.4 Å². The second-order valence-corrected chi connectivity index (χ2v) is 6.65. The fourth-order valence-electron chi connectivity index (χ4n) is 2.32. The molecule has 1 heterocycles. The second kappa shape index (κ2) is 10.2. The summed E-state index contributed by atoms with van der Waals surface area (Å²) in [5.74, 6) is -0.928. The van der Waals surface area contributed by atoms with Crippen LogP contribution in [0.1, 0.15) is 29.8 Å². The maximum Gasteiger partial charge on any atom is 0.255 e. The predicted octanol–water partition coefficient (Wildman–Crippen LogP) is 1.05. The van der Waals surface area contributed by atoms with Crippen molar-refractivity contribution in [3.63, 3.8) is 0 Å². The summed E-state index contributed by atoms with van der Waals surface area (Å²) in [6.45, 7) is 3.80. The lowest BCUT2D eigenvalue weighted by atomic mass is 10.1. The molecule has 1 aromatic carbocycles. The van der Waals surface area contributed by atoms with Crippen molar-refractivity contribution in [2.75, 3.05) is 11.9 Å². The molecule has 0 bridgehead atoms. The molecule has 28 heavy (non-hydrogen) atoms. The van der Waals surface area contributed by atoms with Crippen molar-refractivity contribution in [2.24, 2.45) is 11.7 Å². The van der Waals surface area contributed by atoms with E-state index in [4.69, 9.17) is 5.73 Å². The first kappa shape index (κ1) is 21.0. The first-order valence-corrected chi connectivity index (χ1v) is 8.97. The Morgan fingerprint density at radius 2 is 1.79 bits per heavy atom. The van der Waals surface area contributed by atoms with E-state index in [1.807, 2.05) is 19.9 Å². The third-order valence-electron chi connectivity index (χ3n) is 4.06. The van der Waals surface area contributed by atoms with Gasteiger partial charge in [-0.2, -0.15) is 0 Å². The number of amides is 3. The Hall–Kier alpha value is -3.26. The third kappa shape index (κ3) is 6.48. The number of nitrogens with zero attached hydrogens (tertiary/aromatic N) is 1. The fourth-order valence-corrected chi connectivity index (χ4v) is 2.32. The van der Waals surface area contributed by atoms with Crippen LogP contribution in [-0.4, -0.2) is 35.3 Å². The topological polar surface area (TPSA) is 126 Å². The monoisotopic (exact) mass is 383 g/mol. The SMILES string of the molecule is CC(C)[C@H](N)C(=O)NCC(=O)NCc1cccc(NC(=O)c2ccncc2)c1. The molecular weight excluding hydrogens is 358 g/mol. The molecule has 2 rings (SSSR count). The maximum atomic E-state index is 12.2. The van der Waals surface area contributed by atoms with Crippen LogP contribution in [0.25, 0.3) is 0 Å². The molecule has 148 valence electrons. The van der Waals surface area contributed by atoms with Crippen LogP contribution in [0.2, 0.25) is 0 Å². The smallest absolute Gasteiger partial charge is 0.255 e. The fraction of sp³-hybridized carbons (Fsp3) is 0.300. The lowest BCUT2D eigenvalue weighted by Crippen LogP contribution is -2.47. The normalized spacial score (nSPS) is 11.6. The number of nitrogens with two attached hydrogens (primary N) is 1. The highest BCUT2D eigenvalue weighted by Crippen LogP contribution is 2.12. The van der Waals surface area contributed by atoms with Crippen molar-refractivity contribution in [1.29, 1.82) is 0 Å². The highest BCUT2D eigenvalue weighted by molar-refractivity contribution is 6.04. The molecule has 0 unspecified atom stereocenters. The van der Waals surface area contributed by atoms with Gasteiger partial charge < -0.3 is 21.7 Å². The van der Waals surface area contributed by atoms with Crippen LogP contribution in [0, 0.1) is 5.92 Å². The maximum absolute atomic E-state index is 12.2. The number of nitrogens with one attached hydrogen (secondary N) is 3. The van der Waals surface area contributed by atoms with Crippen molar-refractivity contribution in [2.45, 2.75) is 26.4 Å². The Bertz CT molecular complexity index is 824. The number of pyridine rings is 1. The predicted molar refractivity (Wildman–Crippen MR) is 106 cm³/mol. The van der Waals surface area contributed by atoms with E-state index in [2.05, 4.69) is 20.9 Å². The van der Waals surface area contributed by atoms with E-state index < -0.39 is 6.04 Å². The molecule has 0 saturated carbocycles. The van der Waals surface area contributed by atoms with Gasteiger partial charge >= 0.3 is 0 Å². The van der Waals surface area contributed by atoms with E-state index in [1.54, 1.807) is 42.7 Å². The van der Waals surface area contributed by atoms with E-state index in [1.165, 1.54) is 0 Å². The molecule has 0 fully saturated rings. The molecule has 0 saturated heterocycles. The molecule has 0 spiro atoms. The largest absolute Gasteiger partial charge is 0.350 e. The van der Waals surface area contributed by atoms with Crippen molar-refractivity contribution in [1.82, 2.24) is 15.6 Å². The Labute approximate surface area is 163 Å². The molecule has 3 amide bonds. The lowest BCUT2D eigenvalue weighted by Gasteiger charge is -2.15. The number of carbonyl (C=O) groups is 3. The van der Waals surface area contributed by atoms with Crippen LogP contribution in [0.5, 0.6) is 0 Å². The molecule has 5 N–H and O–H groups in total. The number of benzene rings is 1. The van der Waals surface area contributed by atoms with Gasteiger partial charge in [0.25, 0.3) is 5.91 Å². The number of anilines is 1. The van der Waals surface area contributed by atoms with Gasteiger partial charge in [-0.05, 0) is 35.7 Å². The van der Waals surface area contributed by atoms with Crippen LogP contribution in [0.3, 0.4) is 0 Å². The van der Waals surface area contributed by atoms with Gasteiger partial charge in [0.2, 0.25) is 11.8 Å². The van der Waals surface area contributed by atoms with Gasteiger partial charge in [-0.1, -0.05) is 26.0 Å². The summed E-state index contributed by atoms with van der Waals surface area (Å²) in [6.07, 6.45) is 3.10. The van der Waals surface area contributed by atoms with E-state index in [0.717, 1.165) is 5.56 Å². The van der Waals surface area contributed by atoms with Crippen molar-refractivity contribution >= 4 is 23.4 Å². The zero-order chi connectivity index (χ0) is 20.5. The number of hydrogen-bond acceptors (Lipinski definition) is 5. The van der Waals surface area contributed by atoms with Gasteiger partial charge in [0, 0.05) is 30.2 Å². The van der Waals surface area contributed by atoms with Crippen molar-refractivity contribution in [3.05, 3.63) is 59.9 Å². The number of carbonyl (C=O) groups excluding carboxylic acids is 3. The van der Waals surface area contributed by atoms with Gasteiger partial charge in [0.1, 0.15) is 0 Å². The lowest BCUT2D eigenvalue weighted by molar-refractivity contribution is -0.127. The molecular formula is C20H25N5O3.